The summed E-state index contributed by atoms with van der Waals surface area (Å²) in [5, 5.41) is 3.48. The average Bonchev–Trinajstić information content (AvgIpc) is 2.26. The highest BCUT2D eigenvalue weighted by atomic mass is 16.5. The van der Waals surface area contributed by atoms with Crippen molar-refractivity contribution in [2.45, 2.75) is 45.6 Å². The lowest BCUT2D eigenvalue weighted by atomic mass is 9.85. The van der Waals surface area contributed by atoms with Gasteiger partial charge in [-0.3, -0.25) is 0 Å². The molecule has 0 aliphatic carbocycles. The summed E-state index contributed by atoms with van der Waals surface area (Å²) in [7, 11) is 2.10. The third-order valence-electron chi connectivity index (χ3n) is 3.56. The Morgan fingerprint density at radius 2 is 2.00 bits per heavy atom. The molecule has 0 aromatic rings. The lowest BCUT2D eigenvalue weighted by Gasteiger charge is -2.31. The molecule has 84 valence electrons. The van der Waals surface area contributed by atoms with Crippen LogP contribution in [0.25, 0.3) is 0 Å². The Kier molecular flexibility index (Phi) is 5.49. The number of nitrogens with one attached hydrogen (secondary N) is 1. The van der Waals surface area contributed by atoms with E-state index in [0.717, 1.165) is 25.0 Å². The first-order chi connectivity index (χ1) is 6.77. The van der Waals surface area contributed by atoms with Gasteiger partial charge < -0.3 is 10.1 Å². The molecule has 0 bridgehead atoms. The van der Waals surface area contributed by atoms with E-state index in [1.165, 1.54) is 25.7 Å². The van der Waals surface area contributed by atoms with Crippen LogP contribution >= 0.6 is 0 Å². The second kappa shape index (κ2) is 6.41. The van der Waals surface area contributed by atoms with Gasteiger partial charge in [-0.05, 0) is 38.1 Å². The molecule has 1 fully saturated rings. The topological polar surface area (TPSA) is 21.3 Å². The molecule has 14 heavy (non-hydrogen) atoms. The van der Waals surface area contributed by atoms with Crippen molar-refractivity contribution in [2.75, 3.05) is 20.3 Å². The third kappa shape index (κ3) is 3.58. The van der Waals surface area contributed by atoms with Crippen LogP contribution in [0.15, 0.2) is 0 Å². The molecule has 1 rings (SSSR count). The van der Waals surface area contributed by atoms with Gasteiger partial charge in [0.05, 0.1) is 0 Å². The molecular weight excluding hydrogens is 174 g/mol. The van der Waals surface area contributed by atoms with E-state index in [0.29, 0.717) is 6.04 Å². The van der Waals surface area contributed by atoms with Crippen LogP contribution in [0.3, 0.4) is 0 Å². The van der Waals surface area contributed by atoms with Crippen molar-refractivity contribution in [3.8, 4) is 0 Å². The van der Waals surface area contributed by atoms with E-state index in [1.54, 1.807) is 0 Å². The summed E-state index contributed by atoms with van der Waals surface area (Å²) in [4.78, 5) is 0. The van der Waals surface area contributed by atoms with Gasteiger partial charge >= 0.3 is 0 Å². The minimum absolute atomic E-state index is 0.703. The predicted molar refractivity (Wildman–Crippen MR) is 60.5 cm³/mol. The highest BCUT2D eigenvalue weighted by Crippen LogP contribution is 2.23. The summed E-state index contributed by atoms with van der Waals surface area (Å²) in [5.41, 5.74) is 0. The van der Waals surface area contributed by atoms with Crippen LogP contribution in [0.5, 0.6) is 0 Å². The minimum Gasteiger partial charge on any atom is -0.381 e. The summed E-state index contributed by atoms with van der Waals surface area (Å²) < 4.78 is 5.40. The van der Waals surface area contributed by atoms with Crippen LogP contribution in [0, 0.1) is 11.8 Å². The molecular formula is C12H25NO. The molecule has 0 saturated carbocycles. The first-order valence-electron chi connectivity index (χ1n) is 6.03. The van der Waals surface area contributed by atoms with Crippen LogP contribution in [-0.4, -0.2) is 26.3 Å². The van der Waals surface area contributed by atoms with E-state index in [9.17, 15) is 0 Å². The zero-order valence-corrected chi connectivity index (χ0v) is 9.88. The van der Waals surface area contributed by atoms with Gasteiger partial charge in [-0.15, -0.1) is 0 Å². The molecule has 1 N–H and O–H groups in total. The van der Waals surface area contributed by atoms with E-state index < -0.39 is 0 Å². The zero-order chi connectivity index (χ0) is 10.4. The molecule has 0 aromatic carbocycles. The van der Waals surface area contributed by atoms with Crippen molar-refractivity contribution in [3.05, 3.63) is 0 Å². The molecule has 0 aromatic heterocycles. The van der Waals surface area contributed by atoms with Gasteiger partial charge in [0, 0.05) is 19.3 Å². The molecule has 0 radical (unpaired) electrons. The summed E-state index contributed by atoms with van der Waals surface area (Å²) in [6.07, 6.45) is 5.09. The fourth-order valence-corrected chi connectivity index (χ4v) is 2.26. The molecule has 1 heterocycles. The number of hydrogen-bond donors (Lipinski definition) is 1. The molecule has 1 saturated heterocycles. The van der Waals surface area contributed by atoms with E-state index in [4.69, 9.17) is 4.74 Å². The summed E-state index contributed by atoms with van der Waals surface area (Å²) >= 11 is 0. The normalized spacial score (nSPS) is 23.4. The Bertz CT molecular complexity index is 143. The van der Waals surface area contributed by atoms with Crippen LogP contribution in [0.1, 0.15) is 39.5 Å². The first-order valence-corrected chi connectivity index (χ1v) is 6.03. The standard InChI is InChI=1S/C12H25NO/c1-4-10(2)9-12(13-3)11-5-7-14-8-6-11/h10-13H,4-9H2,1-3H3. The molecule has 2 nitrogen and oxygen atoms in total. The number of rotatable bonds is 5. The molecule has 0 spiro atoms. The fourth-order valence-electron chi connectivity index (χ4n) is 2.26. The zero-order valence-electron chi connectivity index (χ0n) is 9.88. The largest absolute Gasteiger partial charge is 0.381 e. The molecule has 2 heteroatoms. The van der Waals surface area contributed by atoms with Gasteiger partial charge in [0.25, 0.3) is 0 Å². The average molecular weight is 199 g/mol. The van der Waals surface area contributed by atoms with Crippen molar-refractivity contribution in [1.82, 2.24) is 5.32 Å². The van der Waals surface area contributed by atoms with Crippen LogP contribution in [0.2, 0.25) is 0 Å². The van der Waals surface area contributed by atoms with Crippen molar-refractivity contribution in [2.24, 2.45) is 11.8 Å². The summed E-state index contributed by atoms with van der Waals surface area (Å²) in [6, 6.07) is 0.703. The summed E-state index contributed by atoms with van der Waals surface area (Å²) in [5.74, 6) is 1.68. The highest BCUT2D eigenvalue weighted by molar-refractivity contribution is 4.78. The van der Waals surface area contributed by atoms with Crippen molar-refractivity contribution < 1.29 is 4.74 Å². The maximum atomic E-state index is 5.40. The maximum Gasteiger partial charge on any atom is 0.0469 e. The lowest BCUT2D eigenvalue weighted by Crippen LogP contribution is -2.38. The monoisotopic (exact) mass is 199 g/mol. The highest BCUT2D eigenvalue weighted by Gasteiger charge is 2.23. The Labute approximate surface area is 88.4 Å². The van der Waals surface area contributed by atoms with Crippen LogP contribution in [-0.2, 0) is 4.74 Å². The molecule has 1 aliphatic rings. The molecule has 2 atom stereocenters. The third-order valence-corrected chi connectivity index (χ3v) is 3.56. The Balaban J connectivity index is 2.35. The molecule has 1 aliphatic heterocycles. The number of hydrogen-bond acceptors (Lipinski definition) is 2. The maximum absolute atomic E-state index is 5.40. The van der Waals surface area contributed by atoms with E-state index >= 15 is 0 Å². The van der Waals surface area contributed by atoms with Gasteiger partial charge in [0.15, 0.2) is 0 Å². The van der Waals surface area contributed by atoms with E-state index in [1.807, 2.05) is 0 Å². The Hall–Kier alpha value is -0.0800. The second-order valence-electron chi connectivity index (χ2n) is 4.59. The van der Waals surface area contributed by atoms with Crippen molar-refractivity contribution >= 4 is 0 Å². The smallest absolute Gasteiger partial charge is 0.0469 e. The fraction of sp³-hybridized carbons (Fsp3) is 1.00. The Morgan fingerprint density at radius 1 is 1.36 bits per heavy atom. The van der Waals surface area contributed by atoms with Gasteiger partial charge in [-0.1, -0.05) is 20.3 Å². The molecule has 2 unspecified atom stereocenters. The number of ether oxygens (including phenoxy) is 1. The van der Waals surface area contributed by atoms with Crippen molar-refractivity contribution in [1.29, 1.82) is 0 Å². The van der Waals surface area contributed by atoms with Crippen LogP contribution < -0.4 is 5.32 Å². The first kappa shape index (κ1) is 12.0. The second-order valence-corrected chi connectivity index (χ2v) is 4.59. The van der Waals surface area contributed by atoms with Gasteiger partial charge in [0.1, 0.15) is 0 Å². The van der Waals surface area contributed by atoms with Crippen molar-refractivity contribution in [3.63, 3.8) is 0 Å². The SMILES string of the molecule is CCC(C)CC(NC)C1CCOCC1. The minimum atomic E-state index is 0.703. The van der Waals surface area contributed by atoms with Gasteiger partial charge in [-0.2, -0.15) is 0 Å². The Morgan fingerprint density at radius 3 is 2.50 bits per heavy atom. The van der Waals surface area contributed by atoms with Crippen LogP contribution in [0.4, 0.5) is 0 Å². The van der Waals surface area contributed by atoms with E-state index in [2.05, 4.69) is 26.2 Å². The molecule has 0 amide bonds. The quantitative estimate of drug-likeness (QED) is 0.734. The van der Waals surface area contributed by atoms with Gasteiger partial charge in [0.2, 0.25) is 0 Å². The van der Waals surface area contributed by atoms with E-state index in [-0.39, 0.29) is 0 Å². The predicted octanol–water partition coefficient (Wildman–Crippen LogP) is 2.44. The van der Waals surface area contributed by atoms with Gasteiger partial charge in [-0.25, -0.2) is 0 Å². The summed E-state index contributed by atoms with van der Waals surface area (Å²) in [6.45, 7) is 6.55. The lowest BCUT2D eigenvalue weighted by molar-refractivity contribution is 0.0515.